The summed E-state index contributed by atoms with van der Waals surface area (Å²) in [5.41, 5.74) is -0.329. The Kier molecular flexibility index (Phi) is 4.29. The van der Waals surface area contributed by atoms with E-state index in [9.17, 15) is 9.50 Å². The molecule has 1 fully saturated rings. The lowest BCUT2D eigenvalue weighted by Crippen LogP contribution is -2.38. The molecule has 0 aromatic heterocycles. The quantitative estimate of drug-likeness (QED) is 0.866. The smallest absolute Gasteiger partial charge is 0.126 e. The van der Waals surface area contributed by atoms with Gasteiger partial charge in [-0.15, -0.1) is 0 Å². The fourth-order valence-electron chi connectivity index (χ4n) is 2.93. The van der Waals surface area contributed by atoms with Crippen LogP contribution >= 0.6 is 11.6 Å². The van der Waals surface area contributed by atoms with Gasteiger partial charge >= 0.3 is 0 Å². The van der Waals surface area contributed by atoms with Gasteiger partial charge < -0.3 is 5.11 Å². The van der Waals surface area contributed by atoms with Gasteiger partial charge in [-0.05, 0) is 49.4 Å². The van der Waals surface area contributed by atoms with Gasteiger partial charge in [-0.25, -0.2) is 4.39 Å². The van der Waals surface area contributed by atoms with E-state index >= 15 is 0 Å². The van der Waals surface area contributed by atoms with Gasteiger partial charge in [0, 0.05) is 11.4 Å². The minimum Gasteiger partial charge on any atom is -0.390 e. The fourth-order valence-corrected chi connectivity index (χ4v) is 3.13. The van der Waals surface area contributed by atoms with Crippen LogP contribution in [0.2, 0.25) is 5.02 Å². The first kappa shape index (κ1) is 13.8. The van der Waals surface area contributed by atoms with E-state index in [1.807, 2.05) is 6.92 Å². The van der Waals surface area contributed by atoms with Crippen molar-refractivity contribution in [3.63, 3.8) is 0 Å². The molecule has 1 saturated carbocycles. The second kappa shape index (κ2) is 5.58. The van der Waals surface area contributed by atoms with Crippen LogP contribution < -0.4 is 0 Å². The third kappa shape index (κ3) is 3.24. The summed E-state index contributed by atoms with van der Waals surface area (Å²) >= 11 is 5.88. The maximum Gasteiger partial charge on any atom is 0.126 e. The highest BCUT2D eigenvalue weighted by Crippen LogP contribution is 2.35. The molecule has 0 heterocycles. The van der Waals surface area contributed by atoms with Crippen molar-refractivity contribution in [1.29, 1.82) is 0 Å². The Bertz CT molecular complexity index is 411. The molecule has 18 heavy (non-hydrogen) atoms. The molecule has 1 aliphatic carbocycles. The van der Waals surface area contributed by atoms with Crippen molar-refractivity contribution in [2.75, 3.05) is 0 Å². The summed E-state index contributed by atoms with van der Waals surface area (Å²) in [5, 5.41) is 11.1. The third-order valence-corrected chi connectivity index (χ3v) is 4.28. The number of halogens is 2. The number of benzene rings is 1. The Hall–Kier alpha value is -0.600. The Morgan fingerprint density at radius 1 is 1.33 bits per heavy atom. The molecule has 0 bridgehead atoms. The predicted molar refractivity (Wildman–Crippen MR) is 72.3 cm³/mol. The largest absolute Gasteiger partial charge is 0.390 e. The predicted octanol–water partition coefficient (Wildman–Crippen LogP) is 4.35. The molecule has 2 rings (SSSR count). The molecular formula is C15H20ClFO. The average Bonchev–Trinajstić information content (AvgIpc) is 2.35. The third-order valence-electron chi connectivity index (χ3n) is 4.04. The standard InChI is InChI=1S/C15H20ClFO/c1-15(18,12-5-3-2-4-6-12)10-11-9-13(16)7-8-14(11)17/h7-9,12,18H,2-6,10H2,1H3. The summed E-state index contributed by atoms with van der Waals surface area (Å²) in [4.78, 5) is 0. The van der Waals surface area contributed by atoms with Gasteiger partial charge in [0.15, 0.2) is 0 Å². The van der Waals surface area contributed by atoms with E-state index in [1.54, 1.807) is 6.07 Å². The summed E-state index contributed by atoms with van der Waals surface area (Å²) < 4.78 is 13.7. The molecule has 0 spiro atoms. The average molecular weight is 271 g/mol. The van der Waals surface area contributed by atoms with Crippen LogP contribution in [0.3, 0.4) is 0 Å². The number of aliphatic hydroxyl groups is 1. The first-order valence-electron chi connectivity index (χ1n) is 6.65. The number of hydrogen-bond donors (Lipinski definition) is 1. The van der Waals surface area contributed by atoms with E-state index in [0.29, 0.717) is 17.0 Å². The lowest BCUT2D eigenvalue weighted by atomic mass is 9.75. The molecular weight excluding hydrogens is 251 g/mol. The van der Waals surface area contributed by atoms with Crippen molar-refractivity contribution in [3.05, 3.63) is 34.6 Å². The van der Waals surface area contributed by atoms with Gasteiger partial charge in [0.05, 0.1) is 5.60 Å². The van der Waals surface area contributed by atoms with Crippen molar-refractivity contribution in [2.24, 2.45) is 5.92 Å². The second-order valence-corrected chi connectivity index (χ2v) is 6.04. The Balaban J connectivity index is 2.13. The molecule has 1 nitrogen and oxygen atoms in total. The van der Waals surface area contributed by atoms with Crippen molar-refractivity contribution in [3.8, 4) is 0 Å². The van der Waals surface area contributed by atoms with Crippen molar-refractivity contribution < 1.29 is 9.50 Å². The van der Waals surface area contributed by atoms with Crippen LogP contribution in [0.25, 0.3) is 0 Å². The van der Waals surface area contributed by atoms with Gasteiger partial charge in [-0.3, -0.25) is 0 Å². The molecule has 1 aliphatic rings. The Morgan fingerprint density at radius 2 is 2.00 bits per heavy atom. The highest BCUT2D eigenvalue weighted by Gasteiger charge is 2.33. The molecule has 0 saturated heterocycles. The molecule has 1 aromatic carbocycles. The van der Waals surface area contributed by atoms with E-state index < -0.39 is 5.60 Å². The highest BCUT2D eigenvalue weighted by molar-refractivity contribution is 6.30. The van der Waals surface area contributed by atoms with Gasteiger partial charge in [-0.1, -0.05) is 30.9 Å². The molecule has 100 valence electrons. The van der Waals surface area contributed by atoms with E-state index in [4.69, 9.17) is 11.6 Å². The second-order valence-electron chi connectivity index (χ2n) is 5.60. The first-order valence-corrected chi connectivity index (χ1v) is 7.03. The summed E-state index contributed by atoms with van der Waals surface area (Å²) in [5.74, 6) is -0.0138. The van der Waals surface area contributed by atoms with Crippen LogP contribution in [0.1, 0.15) is 44.6 Å². The highest BCUT2D eigenvalue weighted by atomic mass is 35.5. The van der Waals surface area contributed by atoms with Crippen LogP contribution in [0.4, 0.5) is 4.39 Å². The molecule has 1 unspecified atom stereocenters. The van der Waals surface area contributed by atoms with Crippen LogP contribution in [0.5, 0.6) is 0 Å². The van der Waals surface area contributed by atoms with Crippen LogP contribution in [0.15, 0.2) is 18.2 Å². The van der Waals surface area contributed by atoms with Crippen molar-refractivity contribution in [1.82, 2.24) is 0 Å². The monoisotopic (exact) mass is 270 g/mol. The molecule has 1 aromatic rings. The number of rotatable bonds is 3. The van der Waals surface area contributed by atoms with Crippen LogP contribution in [-0.4, -0.2) is 10.7 Å². The van der Waals surface area contributed by atoms with Crippen LogP contribution in [-0.2, 0) is 6.42 Å². The van der Waals surface area contributed by atoms with E-state index in [2.05, 4.69) is 0 Å². The van der Waals surface area contributed by atoms with Gasteiger partial charge in [0.1, 0.15) is 5.82 Å². The number of hydrogen-bond acceptors (Lipinski definition) is 1. The van der Waals surface area contributed by atoms with E-state index in [-0.39, 0.29) is 11.7 Å². The molecule has 3 heteroatoms. The molecule has 1 atom stereocenters. The Labute approximate surface area is 113 Å². The van der Waals surface area contributed by atoms with Crippen molar-refractivity contribution >= 4 is 11.6 Å². The summed E-state index contributed by atoms with van der Waals surface area (Å²) in [6, 6.07) is 4.53. The summed E-state index contributed by atoms with van der Waals surface area (Å²) in [7, 11) is 0. The lowest BCUT2D eigenvalue weighted by molar-refractivity contribution is -0.0165. The molecule has 0 radical (unpaired) electrons. The minimum atomic E-state index is -0.841. The van der Waals surface area contributed by atoms with Crippen molar-refractivity contribution in [2.45, 2.75) is 51.0 Å². The lowest BCUT2D eigenvalue weighted by Gasteiger charge is -2.35. The topological polar surface area (TPSA) is 20.2 Å². The normalized spacial score (nSPS) is 20.7. The van der Waals surface area contributed by atoms with Gasteiger partial charge in [-0.2, -0.15) is 0 Å². The summed E-state index contributed by atoms with van der Waals surface area (Å²) in [6.07, 6.45) is 5.99. The SMILES string of the molecule is CC(O)(Cc1cc(Cl)ccc1F)C1CCCCC1. The first-order chi connectivity index (χ1) is 8.49. The zero-order valence-electron chi connectivity index (χ0n) is 10.8. The fraction of sp³-hybridized carbons (Fsp3) is 0.600. The molecule has 1 N–H and O–H groups in total. The molecule has 0 amide bonds. The zero-order valence-corrected chi connectivity index (χ0v) is 11.5. The maximum atomic E-state index is 13.7. The van der Waals surface area contributed by atoms with Gasteiger partial charge in [0.25, 0.3) is 0 Å². The zero-order chi connectivity index (χ0) is 13.2. The van der Waals surface area contributed by atoms with Gasteiger partial charge in [0.2, 0.25) is 0 Å². The van der Waals surface area contributed by atoms with E-state index in [1.165, 1.54) is 31.4 Å². The van der Waals surface area contributed by atoms with E-state index in [0.717, 1.165) is 12.8 Å². The maximum absolute atomic E-state index is 13.7. The minimum absolute atomic E-state index is 0.268. The summed E-state index contributed by atoms with van der Waals surface area (Å²) in [6.45, 7) is 1.82. The van der Waals surface area contributed by atoms with Crippen LogP contribution in [0, 0.1) is 11.7 Å². The molecule has 0 aliphatic heterocycles. The Morgan fingerprint density at radius 3 is 2.67 bits per heavy atom.